The van der Waals surface area contributed by atoms with Gasteiger partial charge in [0.05, 0.1) is 13.2 Å². The number of carbonyl (C=O) groups excluding carboxylic acids is 1. The van der Waals surface area contributed by atoms with E-state index in [1.165, 1.54) is 96.3 Å². The normalized spacial score (nSPS) is 13.0. The van der Waals surface area contributed by atoms with Gasteiger partial charge in [-0.3, -0.25) is 4.79 Å². The maximum atomic E-state index is 12.2. The van der Waals surface area contributed by atoms with E-state index in [-0.39, 0.29) is 19.2 Å². The maximum Gasteiger partial charge on any atom is 0.306 e. The van der Waals surface area contributed by atoms with Crippen LogP contribution in [0.15, 0.2) is 60.8 Å². The van der Waals surface area contributed by atoms with Crippen molar-refractivity contribution in [2.45, 2.75) is 174 Å². The van der Waals surface area contributed by atoms with Crippen molar-refractivity contribution in [2.24, 2.45) is 0 Å². The number of hydrogen-bond donors (Lipinski definition) is 1. The molecule has 4 heteroatoms. The van der Waals surface area contributed by atoms with Crippen molar-refractivity contribution in [1.29, 1.82) is 0 Å². The van der Waals surface area contributed by atoms with Gasteiger partial charge in [0.2, 0.25) is 0 Å². The van der Waals surface area contributed by atoms with Gasteiger partial charge in [0.15, 0.2) is 0 Å². The van der Waals surface area contributed by atoms with Crippen molar-refractivity contribution in [3.05, 3.63) is 60.8 Å². The monoisotopic (exact) mass is 629 g/mol. The highest BCUT2D eigenvalue weighted by molar-refractivity contribution is 5.69. The largest absolute Gasteiger partial charge is 0.457 e. The minimum atomic E-state index is -0.546. The molecule has 0 bridgehead atoms. The summed E-state index contributed by atoms with van der Waals surface area (Å²) in [6, 6.07) is 0. The third kappa shape index (κ3) is 36.4. The number of aliphatic hydroxyl groups excluding tert-OH is 1. The predicted octanol–water partition coefficient (Wildman–Crippen LogP) is 12.1. The van der Waals surface area contributed by atoms with Gasteiger partial charge in [-0.15, -0.1) is 0 Å². The van der Waals surface area contributed by atoms with Crippen LogP contribution >= 0.6 is 0 Å². The molecule has 0 spiro atoms. The lowest BCUT2D eigenvalue weighted by Crippen LogP contribution is -2.27. The molecule has 45 heavy (non-hydrogen) atoms. The van der Waals surface area contributed by atoms with Gasteiger partial charge in [0.25, 0.3) is 0 Å². The fourth-order valence-corrected chi connectivity index (χ4v) is 5.02. The van der Waals surface area contributed by atoms with Crippen molar-refractivity contribution < 1.29 is 19.4 Å². The van der Waals surface area contributed by atoms with Gasteiger partial charge < -0.3 is 14.6 Å². The van der Waals surface area contributed by atoms with Crippen LogP contribution in [0.3, 0.4) is 0 Å². The Morgan fingerprint density at radius 2 is 1.00 bits per heavy atom. The van der Waals surface area contributed by atoms with E-state index in [1.807, 2.05) is 0 Å². The molecule has 0 aliphatic carbocycles. The van der Waals surface area contributed by atoms with E-state index < -0.39 is 6.10 Å². The molecule has 0 aliphatic heterocycles. The minimum absolute atomic E-state index is 0.183. The molecule has 1 unspecified atom stereocenters. The summed E-state index contributed by atoms with van der Waals surface area (Å²) in [6.07, 6.45) is 49.7. The molecule has 0 heterocycles. The number of unbranched alkanes of at least 4 members (excludes halogenated alkanes) is 16. The quantitative estimate of drug-likeness (QED) is 0.0437. The molecule has 260 valence electrons. The summed E-state index contributed by atoms with van der Waals surface area (Å²) in [4.78, 5) is 12.2. The van der Waals surface area contributed by atoms with Gasteiger partial charge in [-0.25, -0.2) is 0 Å². The Hall–Kier alpha value is -1.91. The molecule has 1 atom stereocenters. The Labute approximate surface area is 279 Å². The molecule has 0 fully saturated rings. The van der Waals surface area contributed by atoms with E-state index >= 15 is 0 Å². The second kappa shape index (κ2) is 38.3. The predicted molar refractivity (Wildman–Crippen MR) is 196 cm³/mol. The SMILES string of the molecule is CC/C=C\C/C=C\C/C=C\CCCCCCCCOCC(CO)OC(=O)CCCCCCCCC/C=C\C/C=C\CCCCC. The number of hydrogen-bond acceptors (Lipinski definition) is 4. The van der Waals surface area contributed by atoms with Crippen molar-refractivity contribution in [1.82, 2.24) is 0 Å². The zero-order valence-electron chi connectivity index (χ0n) is 29.6. The van der Waals surface area contributed by atoms with Crippen molar-refractivity contribution in [2.75, 3.05) is 19.8 Å². The third-order valence-electron chi connectivity index (χ3n) is 7.83. The zero-order chi connectivity index (χ0) is 32.7. The number of carbonyl (C=O) groups is 1. The third-order valence-corrected chi connectivity index (χ3v) is 7.83. The van der Waals surface area contributed by atoms with Crippen LogP contribution in [0, 0.1) is 0 Å². The van der Waals surface area contributed by atoms with Crippen LogP contribution in [0.5, 0.6) is 0 Å². The summed E-state index contributed by atoms with van der Waals surface area (Å²) >= 11 is 0. The van der Waals surface area contributed by atoms with E-state index in [9.17, 15) is 9.90 Å². The van der Waals surface area contributed by atoms with Gasteiger partial charge in [0.1, 0.15) is 6.10 Å². The molecule has 0 rings (SSSR count). The lowest BCUT2D eigenvalue weighted by atomic mass is 10.1. The zero-order valence-corrected chi connectivity index (χ0v) is 29.6. The first-order valence-corrected chi connectivity index (χ1v) is 18.9. The van der Waals surface area contributed by atoms with Crippen LogP contribution in [0.1, 0.15) is 168 Å². The highest BCUT2D eigenvalue weighted by atomic mass is 16.6. The Morgan fingerprint density at radius 3 is 1.51 bits per heavy atom. The molecule has 0 aromatic carbocycles. The van der Waals surface area contributed by atoms with Crippen LogP contribution in [0.4, 0.5) is 0 Å². The molecule has 1 N–H and O–H groups in total. The summed E-state index contributed by atoms with van der Waals surface area (Å²) in [5.74, 6) is -0.216. The molecular formula is C41H72O4. The number of esters is 1. The number of allylic oxidation sites excluding steroid dienone is 10. The molecule has 0 radical (unpaired) electrons. The summed E-state index contributed by atoms with van der Waals surface area (Å²) < 4.78 is 11.1. The number of ether oxygens (including phenoxy) is 2. The fraction of sp³-hybridized carbons (Fsp3) is 0.732. The average molecular weight is 629 g/mol. The summed E-state index contributed by atoms with van der Waals surface area (Å²) in [7, 11) is 0. The van der Waals surface area contributed by atoms with Crippen molar-refractivity contribution in [3.8, 4) is 0 Å². The van der Waals surface area contributed by atoms with Crippen molar-refractivity contribution in [3.63, 3.8) is 0 Å². The molecule has 0 saturated heterocycles. The second-order valence-corrected chi connectivity index (χ2v) is 12.3. The van der Waals surface area contributed by atoms with E-state index in [0.29, 0.717) is 13.0 Å². The minimum Gasteiger partial charge on any atom is -0.457 e. The molecular weight excluding hydrogens is 556 g/mol. The summed E-state index contributed by atoms with van der Waals surface area (Å²) in [6.45, 7) is 5.17. The van der Waals surface area contributed by atoms with Gasteiger partial charge >= 0.3 is 5.97 Å². The van der Waals surface area contributed by atoms with Gasteiger partial charge in [-0.2, -0.15) is 0 Å². The first-order chi connectivity index (χ1) is 22.2. The van der Waals surface area contributed by atoms with Gasteiger partial charge in [-0.05, 0) is 77.0 Å². The Balaban J connectivity index is 3.50. The van der Waals surface area contributed by atoms with E-state index in [1.54, 1.807) is 0 Å². The number of rotatable bonds is 34. The van der Waals surface area contributed by atoms with Crippen molar-refractivity contribution >= 4 is 5.97 Å². The van der Waals surface area contributed by atoms with E-state index in [2.05, 4.69) is 74.6 Å². The average Bonchev–Trinajstić information content (AvgIpc) is 3.05. The topological polar surface area (TPSA) is 55.8 Å². The van der Waals surface area contributed by atoms with Crippen LogP contribution in [0.25, 0.3) is 0 Å². The van der Waals surface area contributed by atoms with E-state index in [0.717, 1.165) is 51.4 Å². The highest BCUT2D eigenvalue weighted by Crippen LogP contribution is 2.12. The molecule has 0 aromatic rings. The maximum absolute atomic E-state index is 12.2. The molecule has 0 aromatic heterocycles. The first-order valence-electron chi connectivity index (χ1n) is 18.9. The Kier molecular flexibility index (Phi) is 36.6. The van der Waals surface area contributed by atoms with Crippen LogP contribution in [0.2, 0.25) is 0 Å². The van der Waals surface area contributed by atoms with Crippen LogP contribution in [-0.2, 0) is 14.3 Å². The Bertz CT molecular complexity index is 749. The lowest BCUT2D eigenvalue weighted by Gasteiger charge is -2.15. The second-order valence-electron chi connectivity index (χ2n) is 12.3. The Morgan fingerprint density at radius 1 is 0.556 bits per heavy atom. The number of aliphatic hydroxyl groups is 1. The highest BCUT2D eigenvalue weighted by Gasteiger charge is 2.13. The molecule has 0 aliphatic rings. The van der Waals surface area contributed by atoms with E-state index in [4.69, 9.17) is 9.47 Å². The molecule has 0 amide bonds. The standard InChI is InChI=1S/C41H72O4/c1-3-5-7-9-11-13-15-17-19-21-22-24-26-28-30-32-34-36-41(43)45-40(38-42)39-44-37-35-33-31-29-27-25-23-20-18-16-14-12-10-8-6-4-2/h6,8,11-14,17-20,40,42H,3-5,7,9-10,15-16,21-39H2,1-2H3/b8-6-,13-11-,14-12-,19-17-,20-18-. The van der Waals surface area contributed by atoms with Gasteiger partial charge in [0, 0.05) is 13.0 Å². The fourth-order valence-electron chi connectivity index (χ4n) is 5.02. The lowest BCUT2D eigenvalue weighted by molar-refractivity contribution is -0.154. The van der Waals surface area contributed by atoms with Gasteiger partial charge in [-0.1, -0.05) is 145 Å². The molecule has 4 nitrogen and oxygen atoms in total. The van der Waals surface area contributed by atoms with Crippen LogP contribution < -0.4 is 0 Å². The smallest absolute Gasteiger partial charge is 0.306 e. The molecule has 0 saturated carbocycles. The first kappa shape index (κ1) is 43.1. The summed E-state index contributed by atoms with van der Waals surface area (Å²) in [5.41, 5.74) is 0. The van der Waals surface area contributed by atoms with Crippen LogP contribution in [-0.4, -0.2) is 37.0 Å². The summed E-state index contributed by atoms with van der Waals surface area (Å²) in [5, 5.41) is 9.56.